The summed E-state index contributed by atoms with van der Waals surface area (Å²) in [6, 6.07) is 15.0. The van der Waals surface area contributed by atoms with Gasteiger partial charge in [-0.25, -0.2) is 0 Å². The number of carbonyl (C=O) groups is 2. The predicted molar refractivity (Wildman–Crippen MR) is 146 cm³/mol. The number of ether oxygens (including phenoxy) is 1. The number of hydrogen-bond acceptors (Lipinski definition) is 4. The molecule has 0 saturated carbocycles. The molecule has 0 radical (unpaired) electrons. The molecule has 2 amide bonds. The third-order valence-corrected chi connectivity index (χ3v) is 6.95. The van der Waals surface area contributed by atoms with Crippen molar-refractivity contribution < 1.29 is 27.5 Å². The molecule has 0 fully saturated rings. The van der Waals surface area contributed by atoms with Crippen molar-refractivity contribution >= 4 is 28.9 Å². The molecule has 7 nitrogen and oxygen atoms in total. The van der Waals surface area contributed by atoms with Gasteiger partial charge in [0, 0.05) is 48.6 Å². The summed E-state index contributed by atoms with van der Waals surface area (Å²) in [5, 5.41) is 4.22. The molecule has 206 valence electrons. The number of fused-ring (bicyclic) bond motifs is 2. The van der Waals surface area contributed by atoms with Crippen LogP contribution in [0.5, 0.6) is 5.75 Å². The number of alkyl halides is 3. The second kappa shape index (κ2) is 10.5. The zero-order valence-electron chi connectivity index (χ0n) is 22.2. The highest BCUT2D eigenvalue weighted by Crippen LogP contribution is 2.43. The number of aromatic nitrogens is 2. The quantitative estimate of drug-likeness (QED) is 0.296. The number of aryl methyl sites for hydroxylation is 2. The van der Waals surface area contributed by atoms with E-state index in [1.807, 2.05) is 0 Å². The van der Waals surface area contributed by atoms with Crippen molar-refractivity contribution in [1.29, 1.82) is 0 Å². The van der Waals surface area contributed by atoms with Crippen LogP contribution in [-0.2, 0) is 24.4 Å². The maximum atomic E-state index is 14.5. The van der Waals surface area contributed by atoms with Crippen LogP contribution < -0.4 is 14.5 Å². The topological polar surface area (TPSA) is 67.7 Å². The van der Waals surface area contributed by atoms with E-state index in [9.17, 15) is 22.8 Å². The van der Waals surface area contributed by atoms with Gasteiger partial charge in [0.1, 0.15) is 5.75 Å². The number of para-hydroxylation sites is 1. The van der Waals surface area contributed by atoms with Crippen LogP contribution in [0.4, 0.5) is 30.2 Å². The molecule has 10 heteroatoms. The number of benzene rings is 3. The number of rotatable bonds is 4. The molecule has 0 spiro atoms. The van der Waals surface area contributed by atoms with Crippen molar-refractivity contribution in [1.82, 2.24) is 9.78 Å². The van der Waals surface area contributed by atoms with Crippen LogP contribution in [0.3, 0.4) is 0 Å². The monoisotopic (exact) mass is 548 g/mol. The molecule has 4 aromatic rings. The smallest absolute Gasteiger partial charge is 0.416 e. The van der Waals surface area contributed by atoms with Crippen LogP contribution in [-0.4, -0.2) is 35.2 Å². The first-order chi connectivity index (χ1) is 19.1. The second-order valence-corrected chi connectivity index (χ2v) is 9.43. The lowest BCUT2D eigenvalue weighted by Crippen LogP contribution is -2.36. The van der Waals surface area contributed by atoms with Crippen molar-refractivity contribution in [3.8, 4) is 16.9 Å². The molecule has 0 unspecified atom stereocenters. The SMILES string of the molecule is CCN1C(=O)CCc2cc(OC)c(-c3cnn(C)c3)cc2C(=O)N(c2ccccc2)c2cc(C(F)(F)F)ccc21. The molecule has 1 aliphatic rings. The average molecular weight is 549 g/mol. The third-order valence-electron chi connectivity index (χ3n) is 6.95. The van der Waals surface area contributed by atoms with Crippen molar-refractivity contribution in [3.63, 3.8) is 0 Å². The maximum absolute atomic E-state index is 14.5. The number of halogens is 3. The van der Waals surface area contributed by atoms with E-state index < -0.39 is 17.6 Å². The standard InChI is InChI=1S/C30H27F3N4O3/c1-4-36-25-12-11-21(30(31,32)33)15-26(25)37(22-8-6-5-7-9-22)29(39)24-16-23(20-17-34-35(2)18-20)27(40-3)14-19(24)10-13-28(36)38/h5-9,11-12,14-18H,4,10,13H2,1-3H3. The van der Waals surface area contributed by atoms with Crippen LogP contribution in [0.15, 0.2) is 73.1 Å². The van der Waals surface area contributed by atoms with Gasteiger partial charge < -0.3 is 9.64 Å². The Kier molecular flexibility index (Phi) is 7.10. The van der Waals surface area contributed by atoms with E-state index in [0.29, 0.717) is 28.1 Å². The molecule has 0 atom stereocenters. The number of anilines is 3. The molecular weight excluding hydrogens is 521 g/mol. The van der Waals surface area contributed by atoms with Gasteiger partial charge in [0.15, 0.2) is 0 Å². The normalized spacial score (nSPS) is 14.2. The van der Waals surface area contributed by atoms with E-state index in [1.165, 1.54) is 23.0 Å². The van der Waals surface area contributed by atoms with E-state index >= 15 is 0 Å². The first kappa shape index (κ1) is 27.0. The van der Waals surface area contributed by atoms with Gasteiger partial charge in [-0.1, -0.05) is 18.2 Å². The van der Waals surface area contributed by atoms with Gasteiger partial charge in [0.25, 0.3) is 5.91 Å². The zero-order chi connectivity index (χ0) is 28.6. The molecule has 0 bridgehead atoms. The Morgan fingerprint density at radius 2 is 1.70 bits per heavy atom. The van der Waals surface area contributed by atoms with Gasteiger partial charge in [-0.05, 0) is 61.4 Å². The third kappa shape index (κ3) is 4.92. The summed E-state index contributed by atoms with van der Waals surface area (Å²) in [6.45, 7) is 1.96. The summed E-state index contributed by atoms with van der Waals surface area (Å²) in [6.07, 6.45) is -0.960. The number of nitrogens with zero attached hydrogens (tertiary/aromatic N) is 4. The Hall–Kier alpha value is -4.60. The maximum Gasteiger partial charge on any atom is 0.416 e. The van der Waals surface area contributed by atoms with Crippen molar-refractivity contribution in [2.45, 2.75) is 25.9 Å². The summed E-state index contributed by atoms with van der Waals surface area (Å²) in [5.41, 5.74) is 1.73. The highest BCUT2D eigenvalue weighted by Gasteiger charge is 2.35. The number of hydrogen-bond donors (Lipinski definition) is 0. The lowest BCUT2D eigenvalue weighted by molar-refractivity contribution is -0.137. The molecule has 1 aromatic heterocycles. The summed E-state index contributed by atoms with van der Waals surface area (Å²) in [7, 11) is 3.28. The van der Waals surface area contributed by atoms with Gasteiger partial charge in [0.05, 0.1) is 30.2 Å². The van der Waals surface area contributed by atoms with Crippen LogP contribution in [0.25, 0.3) is 11.1 Å². The molecule has 0 N–H and O–H groups in total. The van der Waals surface area contributed by atoms with E-state index in [4.69, 9.17) is 4.74 Å². The predicted octanol–water partition coefficient (Wildman–Crippen LogP) is 6.39. The van der Waals surface area contributed by atoms with Crippen LogP contribution in [0.1, 0.15) is 34.8 Å². The molecule has 3 aromatic carbocycles. The Morgan fingerprint density at radius 1 is 0.950 bits per heavy atom. The summed E-state index contributed by atoms with van der Waals surface area (Å²) in [5.74, 6) is -0.311. The van der Waals surface area contributed by atoms with Crippen LogP contribution in [0.2, 0.25) is 0 Å². The number of amides is 2. The van der Waals surface area contributed by atoms with Crippen molar-refractivity contribution in [2.24, 2.45) is 7.05 Å². The minimum atomic E-state index is -4.66. The fraction of sp³-hybridized carbons (Fsp3) is 0.233. The van der Waals surface area contributed by atoms with Gasteiger partial charge >= 0.3 is 6.18 Å². The minimum absolute atomic E-state index is 0.0344. The van der Waals surface area contributed by atoms with Gasteiger partial charge in [-0.2, -0.15) is 18.3 Å². The van der Waals surface area contributed by atoms with Crippen molar-refractivity contribution in [3.05, 3.63) is 89.7 Å². The molecule has 40 heavy (non-hydrogen) atoms. The Labute approximate surface area is 229 Å². The van der Waals surface area contributed by atoms with E-state index in [2.05, 4.69) is 5.10 Å². The second-order valence-electron chi connectivity index (χ2n) is 9.43. The molecular formula is C30H27F3N4O3. The highest BCUT2D eigenvalue weighted by molar-refractivity contribution is 6.15. The molecule has 5 rings (SSSR count). The number of carbonyl (C=O) groups excluding carboxylic acids is 2. The molecule has 1 aliphatic heterocycles. The first-order valence-electron chi connectivity index (χ1n) is 12.7. The van der Waals surface area contributed by atoms with E-state index in [1.54, 1.807) is 73.5 Å². The molecule has 0 aliphatic carbocycles. The van der Waals surface area contributed by atoms with Crippen LogP contribution >= 0.6 is 0 Å². The molecule has 0 saturated heterocycles. The summed E-state index contributed by atoms with van der Waals surface area (Å²) >= 11 is 0. The van der Waals surface area contributed by atoms with E-state index in [-0.39, 0.29) is 42.2 Å². The Morgan fingerprint density at radius 3 is 2.33 bits per heavy atom. The Bertz CT molecular complexity index is 1580. The highest BCUT2D eigenvalue weighted by atomic mass is 19.4. The fourth-order valence-corrected chi connectivity index (χ4v) is 5.01. The first-order valence-corrected chi connectivity index (χ1v) is 12.7. The van der Waals surface area contributed by atoms with Gasteiger partial charge in [-0.3, -0.25) is 19.2 Å². The Balaban J connectivity index is 1.82. The largest absolute Gasteiger partial charge is 0.496 e. The van der Waals surface area contributed by atoms with Gasteiger partial charge in [0.2, 0.25) is 5.91 Å². The van der Waals surface area contributed by atoms with Gasteiger partial charge in [-0.15, -0.1) is 0 Å². The van der Waals surface area contributed by atoms with Crippen molar-refractivity contribution in [2.75, 3.05) is 23.5 Å². The minimum Gasteiger partial charge on any atom is -0.496 e. The fourth-order valence-electron chi connectivity index (χ4n) is 5.01. The number of methoxy groups -OCH3 is 1. The van der Waals surface area contributed by atoms with Crippen LogP contribution in [0, 0.1) is 0 Å². The summed E-state index contributed by atoms with van der Waals surface area (Å²) in [4.78, 5) is 30.6. The summed E-state index contributed by atoms with van der Waals surface area (Å²) < 4.78 is 49.0. The molecule has 2 heterocycles. The lowest BCUT2D eigenvalue weighted by atomic mass is 9.94. The van der Waals surface area contributed by atoms with E-state index in [0.717, 1.165) is 12.1 Å². The average Bonchev–Trinajstić information content (AvgIpc) is 3.38. The lowest BCUT2D eigenvalue weighted by Gasteiger charge is -2.32. The zero-order valence-corrected chi connectivity index (χ0v) is 22.2.